The molecule has 1 rings (SSSR count). The molecule has 0 aromatic heterocycles. The molecule has 3 heteroatoms. The van der Waals surface area contributed by atoms with Crippen molar-refractivity contribution in [2.24, 2.45) is 11.7 Å². The van der Waals surface area contributed by atoms with Crippen LogP contribution < -0.4 is 5.73 Å². The molecule has 2 N–H and O–H groups in total. The van der Waals surface area contributed by atoms with E-state index in [0.29, 0.717) is 13.2 Å². The van der Waals surface area contributed by atoms with Gasteiger partial charge in [0.15, 0.2) is 0 Å². The Labute approximate surface area is 106 Å². The zero-order valence-corrected chi connectivity index (χ0v) is 11.7. The second kappa shape index (κ2) is 7.34. The SMILES string of the molecule is CCCC1CCC(CN)(OCC(C)OC)CC1. The van der Waals surface area contributed by atoms with Gasteiger partial charge in [-0.15, -0.1) is 0 Å². The molecule has 0 aromatic rings. The highest BCUT2D eigenvalue weighted by Gasteiger charge is 2.35. The third kappa shape index (κ3) is 4.57. The van der Waals surface area contributed by atoms with Crippen molar-refractivity contribution in [3.05, 3.63) is 0 Å². The molecule has 0 spiro atoms. The maximum absolute atomic E-state index is 6.05. The van der Waals surface area contributed by atoms with Crippen LogP contribution in [0.3, 0.4) is 0 Å². The summed E-state index contributed by atoms with van der Waals surface area (Å²) in [4.78, 5) is 0. The van der Waals surface area contributed by atoms with Crippen LogP contribution in [0, 0.1) is 5.92 Å². The molecule has 1 aliphatic carbocycles. The molecule has 0 heterocycles. The van der Waals surface area contributed by atoms with Crippen LogP contribution in [0.2, 0.25) is 0 Å². The van der Waals surface area contributed by atoms with E-state index in [4.69, 9.17) is 15.2 Å². The number of rotatable bonds is 7. The van der Waals surface area contributed by atoms with E-state index < -0.39 is 0 Å². The summed E-state index contributed by atoms with van der Waals surface area (Å²) in [5.74, 6) is 0.892. The Hall–Kier alpha value is -0.120. The van der Waals surface area contributed by atoms with Gasteiger partial charge in [-0.2, -0.15) is 0 Å². The molecule has 0 aromatic carbocycles. The second-order valence-corrected chi connectivity index (χ2v) is 5.48. The van der Waals surface area contributed by atoms with Crippen molar-refractivity contribution in [2.75, 3.05) is 20.3 Å². The summed E-state index contributed by atoms with van der Waals surface area (Å²) in [7, 11) is 1.72. The smallest absolute Gasteiger partial charge is 0.0805 e. The topological polar surface area (TPSA) is 44.5 Å². The van der Waals surface area contributed by atoms with E-state index in [1.807, 2.05) is 6.92 Å². The van der Waals surface area contributed by atoms with Gasteiger partial charge in [-0.3, -0.25) is 0 Å². The van der Waals surface area contributed by atoms with Crippen LogP contribution >= 0.6 is 0 Å². The first-order chi connectivity index (χ1) is 8.15. The zero-order chi connectivity index (χ0) is 12.7. The van der Waals surface area contributed by atoms with Crippen LogP contribution in [0.25, 0.3) is 0 Å². The predicted octanol–water partition coefficient (Wildman–Crippen LogP) is 2.73. The molecule has 1 aliphatic rings. The maximum Gasteiger partial charge on any atom is 0.0805 e. The van der Waals surface area contributed by atoms with Gasteiger partial charge in [-0.05, 0) is 38.5 Å². The molecular formula is C14H29NO2. The number of nitrogens with two attached hydrogens (primary N) is 1. The Bertz CT molecular complexity index is 200. The summed E-state index contributed by atoms with van der Waals surface area (Å²) in [6.45, 7) is 5.60. The van der Waals surface area contributed by atoms with E-state index >= 15 is 0 Å². The Morgan fingerprint density at radius 2 is 2.00 bits per heavy atom. The van der Waals surface area contributed by atoms with E-state index in [0.717, 1.165) is 18.8 Å². The van der Waals surface area contributed by atoms with Gasteiger partial charge in [-0.25, -0.2) is 0 Å². The zero-order valence-electron chi connectivity index (χ0n) is 11.7. The van der Waals surface area contributed by atoms with E-state index in [1.54, 1.807) is 7.11 Å². The molecule has 0 aliphatic heterocycles. The monoisotopic (exact) mass is 243 g/mol. The minimum absolute atomic E-state index is 0.0724. The molecule has 0 radical (unpaired) electrons. The first kappa shape index (κ1) is 14.9. The highest BCUT2D eigenvalue weighted by Crippen LogP contribution is 2.36. The highest BCUT2D eigenvalue weighted by atomic mass is 16.5. The molecule has 0 bridgehead atoms. The lowest BCUT2D eigenvalue weighted by Gasteiger charge is -2.39. The number of hydrogen-bond donors (Lipinski definition) is 1. The van der Waals surface area contributed by atoms with E-state index in [1.165, 1.54) is 25.7 Å². The lowest BCUT2D eigenvalue weighted by Crippen LogP contribution is -2.45. The van der Waals surface area contributed by atoms with Gasteiger partial charge in [0.2, 0.25) is 0 Å². The van der Waals surface area contributed by atoms with Gasteiger partial charge in [-0.1, -0.05) is 19.8 Å². The third-order valence-electron chi connectivity index (χ3n) is 4.11. The molecule has 1 unspecified atom stereocenters. The van der Waals surface area contributed by atoms with Crippen LogP contribution in [-0.2, 0) is 9.47 Å². The molecule has 0 saturated heterocycles. The molecule has 3 nitrogen and oxygen atoms in total. The fourth-order valence-corrected chi connectivity index (χ4v) is 2.67. The molecule has 1 fully saturated rings. The predicted molar refractivity (Wildman–Crippen MR) is 71.1 cm³/mol. The summed E-state index contributed by atoms with van der Waals surface area (Å²) in [6.07, 6.45) is 7.58. The molecule has 1 saturated carbocycles. The van der Waals surface area contributed by atoms with Crippen LogP contribution in [0.5, 0.6) is 0 Å². The standard InChI is InChI=1S/C14H29NO2/c1-4-5-13-6-8-14(11-15,9-7-13)17-10-12(2)16-3/h12-13H,4-11,15H2,1-3H3. The van der Waals surface area contributed by atoms with Crippen molar-refractivity contribution in [3.8, 4) is 0 Å². The molecule has 0 amide bonds. The van der Waals surface area contributed by atoms with Crippen LogP contribution in [0.1, 0.15) is 52.4 Å². The fourth-order valence-electron chi connectivity index (χ4n) is 2.67. The minimum Gasteiger partial charge on any atom is -0.379 e. The third-order valence-corrected chi connectivity index (χ3v) is 4.11. The number of ether oxygens (including phenoxy) is 2. The Kier molecular flexibility index (Phi) is 6.45. The summed E-state index contributed by atoms with van der Waals surface area (Å²) >= 11 is 0. The van der Waals surface area contributed by atoms with Gasteiger partial charge < -0.3 is 15.2 Å². The van der Waals surface area contributed by atoms with Crippen LogP contribution in [0.15, 0.2) is 0 Å². The first-order valence-electron chi connectivity index (χ1n) is 7.02. The van der Waals surface area contributed by atoms with Gasteiger partial charge in [0.1, 0.15) is 0 Å². The first-order valence-corrected chi connectivity index (χ1v) is 7.02. The molecule has 17 heavy (non-hydrogen) atoms. The summed E-state index contributed by atoms with van der Waals surface area (Å²) in [6, 6.07) is 0. The summed E-state index contributed by atoms with van der Waals surface area (Å²) < 4.78 is 11.3. The highest BCUT2D eigenvalue weighted by molar-refractivity contribution is 4.88. The van der Waals surface area contributed by atoms with Crippen molar-refractivity contribution in [1.82, 2.24) is 0 Å². The van der Waals surface area contributed by atoms with Crippen molar-refractivity contribution in [1.29, 1.82) is 0 Å². The minimum atomic E-state index is -0.0724. The Morgan fingerprint density at radius 3 is 2.47 bits per heavy atom. The number of methoxy groups -OCH3 is 1. The average molecular weight is 243 g/mol. The lowest BCUT2D eigenvalue weighted by atomic mass is 9.77. The van der Waals surface area contributed by atoms with Crippen molar-refractivity contribution < 1.29 is 9.47 Å². The number of hydrogen-bond acceptors (Lipinski definition) is 3. The Morgan fingerprint density at radius 1 is 1.35 bits per heavy atom. The largest absolute Gasteiger partial charge is 0.379 e. The normalized spacial score (nSPS) is 31.4. The molecular weight excluding hydrogens is 214 g/mol. The summed E-state index contributed by atoms with van der Waals surface area (Å²) in [5, 5.41) is 0. The Balaban J connectivity index is 2.38. The van der Waals surface area contributed by atoms with Crippen LogP contribution in [0.4, 0.5) is 0 Å². The van der Waals surface area contributed by atoms with Gasteiger partial charge >= 0.3 is 0 Å². The van der Waals surface area contributed by atoms with Gasteiger partial charge in [0.05, 0.1) is 18.3 Å². The van der Waals surface area contributed by atoms with Gasteiger partial charge in [0, 0.05) is 13.7 Å². The van der Waals surface area contributed by atoms with E-state index in [2.05, 4.69) is 6.92 Å². The molecule has 102 valence electrons. The fraction of sp³-hybridized carbons (Fsp3) is 1.00. The lowest BCUT2D eigenvalue weighted by molar-refractivity contribution is -0.102. The van der Waals surface area contributed by atoms with E-state index in [-0.39, 0.29) is 11.7 Å². The van der Waals surface area contributed by atoms with Crippen molar-refractivity contribution >= 4 is 0 Å². The molecule has 1 atom stereocenters. The summed E-state index contributed by atoms with van der Waals surface area (Å²) in [5.41, 5.74) is 5.85. The second-order valence-electron chi connectivity index (χ2n) is 5.48. The van der Waals surface area contributed by atoms with Crippen molar-refractivity contribution in [3.63, 3.8) is 0 Å². The maximum atomic E-state index is 6.05. The van der Waals surface area contributed by atoms with E-state index in [9.17, 15) is 0 Å². The quantitative estimate of drug-likeness (QED) is 0.747. The van der Waals surface area contributed by atoms with Crippen molar-refractivity contribution in [2.45, 2.75) is 64.1 Å². The average Bonchev–Trinajstić information content (AvgIpc) is 2.38. The van der Waals surface area contributed by atoms with Gasteiger partial charge in [0.25, 0.3) is 0 Å². The van der Waals surface area contributed by atoms with Crippen LogP contribution in [-0.4, -0.2) is 32.0 Å².